The van der Waals surface area contributed by atoms with Gasteiger partial charge in [0.1, 0.15) is 11.5 Å². The lowest BCUT2D eigenvalue weighted by Crippen LogP contribution is -2.22. The van der Waals surface area contributed by atoms with Gasteiger partial charge in [-0.05, 0) is 43.2 Å². The van der Waals surface area contributed by atoms with E-state index in [1.54, 1.807) is 7.11 Å². The van der Waals surface area contributed by atoms with Gasteiger partial charge in [0.05, 0.1) is 13.7 Å². The van der Waals surface area contributed by atoms with Crippen molar-refractivity contribution in [3.8, 4) is 11.5 Å². The van der Waals surface area contributed by atoms with Crippen LogP contribution in [0.3, 0.4) is 0 Å². The fraction of sp³-hybridized carbons (Fsp3) is 0.316. The summed E-state index contributed by atoms with van der Waals surface area (Å²) in [6.45, 7) is 3.11. The molecule has 23 heavy (non-hydrogen) atoms. The molecule has 0 heterocycles. The SMILES string of the molecule is COc1ccc(CNC(=O)CCCOc2ccc(C)cc2)cc1. The van der Waals surface area contributed by atoms with E-state index in [9.17, 15) is 4.79 Å². The van der Waals surface area contributed by atoms with Crippen LogP contribution in [-0.2, 0) is 11.3 Å². The van der Waals surface area contributed by atoms with Crippen molar-refractivity contribution in [3.63, 3.8) is 0 Å². The Kier molecular flexibility index (Phi) is 6.48. The summed E-state index contributed by atoms with van der Waals surface area (Å²) < 4.78 is 10.7. The third kappa shape index (κ3) is 6.02. The van der Waals surface area contributed by atoms with Crippen LogP contribution in [0.4, 0.5) is 0 Å². The molecule has 2 aromatic carbocycles. The molecule has 0 aliphatic heterocycles. The third-order valence-corrected chi connectivity index (χ3v) is 3.49. The molecule has 4 nitrogen and oxygen atoms in total. The summed E-state index contributed by atoms with van der Waals surface area (Å²) in [4.78, 5) is 11.8. The highest BCUT2D eigenvalue weighted by Crippen LogP contribution is 2.12. The molecule has 4 heteroatoms. The molecule has 0 radical (unpaired) electrons. The Hall–Kier alpha value is -2.49. The number of hydrogen-bond donors (Lipinski definition) is 1. The van der Waals surface area contributed by atoms with Gasteiger partial charge in [-0.2, -0.15) is 0 Å². The molecule has 0 unspecified atom stereocenters. The number of carbonyl (C=O) groups is 1. The Balaban J connectivity index is 1.62. The smallest absolute Gasteiger partial charge is 0.220 e. The normalized spacial score (nSPS) is 10.2. The summed E-state index contributed by atoms with van der Waals surface area (Å²) in [5.41, 5.74) is 2.25. The highest BCUT2D eigenvalue weighted by Gasteiger charge is 2.02. The summed E-state index contributed by atoms with van der Waals surface area (Å²) in [6, 6.07) is 15.6. The number of amides is 1. The van der Waals surface area contributed by atoms with Crippen LogP contribution < -0.4 is 14.8 Å². The zero-order valence-corrected chi connectivity index (χ0v) is 13.7. The van der Waals surface area contributed by atoms with Crippen LogP contribution in [0.15, 0.2) is 48.5 Å². The molecule has 0 atom stereocenters. The molecular formula is C19H23NO3. The van der Waals surface area contributed by atoms with Gasteiger partial charge in [0, 0.05) is 13.0 Å². The topological polar surface area (TPSA) is 47.6 Å². The summed E-state index contributed by atoms with van der Waals surface area (Å²) in [7, 11) is 1.63. The van der Waals surface area contributed by atoms with E-state index in [4.69, 9.17) is 9.47 Å². The molecule has 0 spiro atoms. The highest BCUT2D eigenvalue weighted by molar-refractivity contribution is 5.75. The zero-order valence-electron chi connectivity index (χ0n) is 13.7. The van der Waals surface area contributed by atoms with Crippen molar-refractivity contribution >= 4 is 5.91 Å². The summed E-state index contributed by atoms with van der Waals surface area (Å²) in [5, 5.41) is 2.91. The van der Waals surface area contributed by atoms with Gasteiger partial charge in [-0.15, -0.1) is 0 Å². The molecule has 1 amide bonds. The van der Waals surface area contributed by atoms with Gasteiger partial charge < -0.3 is 14.8 Å². The first-order chi connectivity index (χ1) is 11.2. The fourth-order valence-electron chi connectivity index (χ4n) is 2.09. The molecule has 0 aromatic heterocycles. The molecular weight excluding hydrogens is 290 g/mol. The number of nitrogens with one attached hydrogen (secondary N) is 1. The second-order valence-corrected chi connectivity index (χ2v) is 5.39. The van der Waals surface area contributed by atoms with E-state index in [1.807, 2.05) is 55.5 Å². The molecule has 2 rings (SSSR count). The predicted molar refractivity (Wildman–Crippen MR) is 90.7 cm³/mol. The van der Waals surface area contributed by atoms with E-state index >= 15 is 0 Å². The number of carbonyl (C=O) groups excluding carboxylic acids is 1. The molecule has 1 N–H and O–H groups in total. The molecule has 2 aromatic rings. The van der Waals surface area contributed by atoms with Gasteiger partial charge in [-0.1, -0.05) is 29.8 Å². The van der Waals surface area contributed by atoms with Gasteiger partial charge in [0.15, 0.2) is 0 Å². The van der Waals surface area contributed by atoms with Crippen LogP contribution in [-0.4, -0.2) is 19.6 Å². The van der Waals surface area contributed by atoms with Crippen molar-refractivity contribution in [1.29, 1.82) is 0 Å². The Bertz CT molecular complexity index is 606. The monoisotopic (exact) mass is 313 g/mol. The molecule has 0 saturated heterocycles. The molecule has 0 saturated carbocycles. The summed E-state index contributed by atoms with van der Waals surface area (Å²) >= 11 is 0. The van der Waals surface area contributed by atoms with Gasteiger partial charge in [0.2, 0.25) is 5.91 Å². The first-order valence-corrected chi connectivity index (χ1v) is 7.76. The standard InChI is InChI=1S/C19H23NO3/c1-15-5-9-18(10-6-15)23-13-3-4-19(21)20-14-16-7-11-17(22-2)12-8-16/h5-12H,3-4,13-14H2,1-2H3,(H,20,21). The van der Waals surface area contributed by atoms with E-state index < -0.39 is 0 Å². The fourth-order valence-corrected chi connectivity index (χ4v) is 2.09. The van der Waals surface area contributed by atoms with E-state index in [-0.39, 0.29) is 5.91 Å². The first kappa shape index (κ1) is 16.9. The number of methoxy groups -OCH3 is 1. The molecule has 122 valence electrons. The molecule has 0 aliphatic carbocycles. The number of aryl methyl sites for hydroxylation is 1. The van der Waals surface area contributed by atoms with Crippen molar-refractivity contribution in [2.24, 2.45) is 0 Å². The van der Waals surface area contributed by atoms with Crippen LogP contribution in [0, 0.1) is 6.92 Å². The van der Waals surface area contributed by atoms with Gasteiger partial charge in [0.25, 0.3) is 0 Å². The second kappa shape index (κ2) is 8.83. The van der Waals surface area contributed by atoms with Crippen molar-refractivity contribution in [2.75, 3.05) is 13.7 Å². The molecule has 0 aliphatic rings. The van der Waals surface area contributed by atoms with Crippen molar-refractivity contribution in [3.05, 3.63) is 59.7 Å². The van der Waals surface area contributed by atoms with Crippen LogP contribution in [0.5, 0.6) is 11.5 Å². The minimum absolute atomic E-state index is 0.0355. The maximum Gasteiger partial charge on any atom is 0.220 e. The maximum absolute atomic E-state index is 11.8. The van der Waals surface area contributed by atoms with Crippen LogP contribution in [0.25, 0.3) is 0 Å². The van der Waals surface area contributed by atoms with Crippen LogP contribution >= 0.6 is 0 Å². The van der Waals surface area contributed by atoms with Gasteiger partial charge in [-0.25, -0.2) is 0 Å². The zero-order chi connectivity index (χ0) is 16.5. The number of ether oxygens (including phenoxy) is 2. The lowest BCUT2D eigenvalue weighted by molar-refractivity contribution is -0.121. The van der Waals surface area contributed by atoms with Crippen molar-refractivity contribution in [1.82, 2.24) is 5.32 Å². The number of rotatable bonds is 8. The lowest BCUT2D eigenvalue weighted by Gasteiger charge is -2.08. The second-order valence-electron chi connectivity index (χ2n) is 5.39. The Morgan fingerprint density at radius 3 is 2.30 bits per heavy atom. The maximum atomic E-state index is 11.8. The van der Waals surface area contributed by atoms with E-state index in [0.29, 0.717) is 26.0 Å². The predicted octanol–water partition coefficient (Wildman–Crippen LogP) is 3.48. The van der Waals surface area contributed by atoms with E-state index in [2.05, 4.69) is 5.32 Å². The van der Waals surface area contributed by atoms with Crippen molar-refractivity contribution in [2.45, 2.75) is 26.3 Å². The molecule has 0 bridgehead atoms. The lowest BCUT2D eigenvalue weighted by atomic mass is 10.2. The Morgan fingerprint density at radius 2 is 1.65 bits per heavy atom. The minimum atomic E-state index is 0.0355. The quantitative estimate of drug-likeness (QED) is 0.759. The van der Waals surface area contributed by atoms with Crippen LogP contribution in [0.1, 0.15) is 24.0 Å². The van der Waals surface area contributed by atoms with Gasteiger partial charge in [-0.3, -0.25) is 4.79 Å². The average molecular weight is 313 g/mol. The highest BCUT2D eigenvalue weighted by atomic mass is 16.5. The largest absolute Gasteiger partial charge is 0.497 e. The molecule has 0 fully saturated rings. The average Bonchev–Trinajstić information content (AvgIpc) is 2.59. The number of hydrogen-bond acceptors (Lipinski definition) is 3. The van der Waals surface area contributed by atoms with E-state index in [0.717, 1.165) is 17.1 Å². The summed E-state index contributed by atoms with van der Waals surface area (Å²) in [5.74, 6) is 1.69. The first-order valence-electron chi connectivity index (χ1n) is 7.76. The van der Waals surface area contributed by atoms with E-state index in [1.165, 1.54) is 5.56 Å². The summed E-state index contributed by atoms with van der Waals surface area (Å²) in [6.07, 6.45) is 1.16. The van der Waals surface area contributed by atoms with Crippen molar-refractivity contribution < 1.29 is 14.3 Å². The number of benzene rings is 2. The van der Waals surface area contributed by atoms with Crippen LogP contribution in [0.2, 0.25) is 0 Å². The minimum Gasteiger partial charge on any atom is -0.497 e. The van der Waals surface area contributed by atoms with Gasteiger partial charge >= 0.3 is 0 Å². The Labute approximate surface area is 137 Å². The third-order valence-electron chi connectivity index (χ3n) is 3.49. The Morgan fingerprint density at radius 1 is 1.00 bits per heavy atom.